The predicted octanol–water partition coefficient (Wildman–Crippen LogP) is 3.69. The van der Waals surface area contributed by atoms with Crippen molar-refractivity contribution in [1.82, 2.24) is 10.1 Å². The second kappa shape index (κ2) is 4.86. The molecule has 1 aliphatic rings. The van der Waals surface area contributed by atoms with Crippen molar-refractivity contribution in [2.24, 2.45) is 0 Å². The Morgan fingerprint density at radius 1 is 1.50 bits per heavy atom. The molecule has 0 aliphatic carbocycles. The third-order valence-electron chi connectivity index (χ3n) is 3.65. The molecule has 0 radical (unpaired) electrons. The molecule has 3 nitrogen and oxygen atoms in total. The molecule has 0 amide bonds. The average Bonchev–Trinajstić information content (AvgIpc) is 3.03. The highest BCUT2D eigenvalue weighted by atomic mass is 32.1. The molecule has 96 valence electrons. The van der Waals surface area contributed by atoms with Crippen LogP contribution in [0.5, 0.6) is 0 Å². The molecule has 3 heterocycles. The summed E-state index contributed by atoms with van der Waals surface area (Å²) in [6.07, 6.45) is 2.42. The Kier molecular flexibility index (Phi) is 3.22. The van der Waals surface area contributed by atoms with E-state index in [4.69, 9.17) is 4.52 Å². The van der Waals surface area contributed by atoms with Crippen LogP contribution in [0.15, 0.2) is 22.0 Å². The summed E-state index contributed by atoms with van der Waals surface area (Å²) in [5, 5.41) is 6.19. The van der Waals surface area contributed by atoms with Gasteiger partial charge in [0.1, 0.15) is 0 Å². The monoisotopic (exact) mass is 262 g/mol. The maximum Gasteiger partial charge on any atom is 0.154 e. The van der Waals surface area contributed by atoms with E-state index in [0.29, 0.717) is 6.04 Å². The fourth-order valence-electron chi connectivity index (χ4n) is 2.63. The van der Waals surface area contributed by atoms with Gasteiger partial charge in [-0.1, -0.05) is 5.16 Å². The summed E-state index contributed by atoms with van der Waals surface area (Å²) in [5.74, 6) is 1.03. The fourth-order valence-corrected chi connectivity index (χ4v) is 3.56. The van der Waals surface area contributed by atoms with Crippen LogP contribution in [-0.2, 0) is 6.54 Å². The van der Waals surface area contributed by atoms with E-state index < -0.39 is 0 Å². The minimum absolute atomic E-state index is 0.410. The molecule has 0 N–H and O–H groups in total. The third-order valence-corrected chi connectivity index (χ3v) is 4.66. The van der Waals surface area contributed by atoms with Crippen LogP contribution in [0.2, 0.25) is 0 Å². The van der Waals surface area contributed by atoms with Crippen LogP contribution in [0.25, 0.3) is 0 Å². The Morgan fingerprint density at radius 2 is 2.39 bits per heavy atom. The Morgan fingerprint density at radius 3 is 3.06 bits per heavy atom. The van der Waals surface area contributed by atoms with Crippen LogP contribution >= 0.6 is 11.3 Å². The van der Waals surface area contributed by atoms with Gasteiger partial charge in [-0.15, -0.1) is 11.3 Å². The zero-order valence-electron chi connectivity index (χ0n) is 10.8. The van der Waals surface area contributed by atoms with Crippen LogP contribution < -0.4 is 0 Å². The highest BCUT2D eigenvalue weighted by Gasteiger charge is 2.29. The lowest BCUT2D eigenvalue weighted by Crippen LogP contribution is -2.22. The van der Waals surface area contributed by atoms with E-state index in [1.54, 1.807) is 0 Å². The van der Waals surface area contributed by atoms with Gasteiger partial charge in [-0.2, -0.15) is 0 Å². The summed E-state index contributed by atoms with van der Waals surface area (Å²) in [6, 6.07) is 4.68. The van der Waals surface area contributed by atoms with Crippen LogP contribution in [-0.4, -0.2) is 16.6 Å². The molecule has 0 bridgehead atoms. The molecule has 0 spiro atoms. The van der Waals surface area contributed by atoms with Crippen LogP contribution in [0.4, 0.5) is 0 Å². The minimum atomic E-state index is 0.410. The van der Waals surface area contributed by atoms with Gasteiger partial charge < -0.3 is 4.52 Å². The van der Waals surface area contributed by atoms with E-state index in [0.717, 1.165) is 24.5 Å². The second-order valence-electron chi connectivity index (χ2n) is 5.03. The van der Waals surface area contributed by atoms with Gasteiger partial charge in [-0.25, -0.2) is 0 Å². The number of likely N-dealkylation sites (tertiary alicyclic amines) is 1. The Bertz CT molecular complexity index is 531. The SMILES string of the molecule is Cc1cc([C@H]2CCCN2Cc2sccc2C)on1. The fraction of sp³-hybridized carbons (Fsp3) is 0.500. The van der Waals surface area contributed by atoms with E-state index in [-0.39, 0.29) is 0 Å². The summed E-state index contributed by atoms with van der Waals surface area (Å²) in [5.41, 5.74) is 2.38. The molecule has 2 aromatic rings. The van der Waals surface area contributed by atoms with E-state index in [2.05, 4.69) is 34.5 Å². The predicted molar refractivity (Wildman–Crippen MR) is 72.7 cm³/mol. The molecule has 4 heteroatoms. The van der Waals surface area contributed by atoms with E-state index in [1.165, 1.54) is 23.3 Å². The number of aromatic nitrogens is 1. The van der Waals surface area contributed by atoms with Crippen molar-refractivity contribution in [3.63, 3.8) is 0 Å². The second-order valence-corrected chi connectivity index (χ2v) is 6.03. The molecule has 18 heavy (non-hydrogen) atoms. The number of hydrogen-bond acceptors (Lipinski definition) is 4. The Labute approximate surface area is 111 Å². The summed E-state index contributed by atoms with van der Waals surface area (Å²) in [6.45, 7) is 6.36. The van der Waals surface area contributed by atoms with Crippen molar-refractivity contribution in [3.05, 3.63) is 39.4 Å². The molecule has 1 saturated heterocycles. The zero-order chi connectivity index (χ0) is 12.5. The van der Waals surface area contributed by atoms with Crippen molar-refractivity contribution >= 4 is 11.3 Å². The molecule has 0 aromatic carbocycles. The standard InChI is InChI=1S/C14H18N2OS/c1-10-5-7-18-14(10)9-16-6-3-4-12(16)13-8-11(2)15-17-13/h5,7-8,12H,3-4,6,9H2,1-2H3/t12-/m1/s1. The smallest absolute Gasteiger partial charge is 0.154 e. The highest BCUT2D eigenvalue weighted by molar-refractivity contribution is 7.10. The lowest BCUT2D eigenvalue weighted by Gasteiger charge is -2.21. The van der Waals surface area contributed by atoms with Crippen LogP contribution in [0.3, 0.4) is 0 Å². The normalized spacial score (nSPS) is 20.7. The van der Waals surface area contributed by atoms with E-state index in [9.17, 15) is 0 Å². The van der Waals surface area contributed by atoms with Gasteiger partial charge in [0, 0.05) is 17.5 Å². The molecule has 1 fully saturated rings. The molecular weight excluding hydrogens is 244 g/mol. The van der Waals surface area contributed by atoms with Gasteiger partial charge in [0.25, 0.3) is 0 Å². The third kappa shape index (κ3) is 2.22. The summed E-state index contributed by atoms with van der Waals surface area (Å²) in [4.78, 5) is 3.98. The van der Waals surface area contributed by atoms with Gasteiger partial charge in [-0.05, 0) is 50.2 Å². The summed E-state index contributed by atoms with van der Waals surface area (Å²) >= 11 is 1.85. The van der Waals surface area contributed by atoms with Crippen LogP contribution in [0, 0.1) is 13.8 Å². The first-order chi connectivity index (χ1) is 8.74. The maximum atomic E-state index is 5.44. The van der Waals surface area contributed by atoms with Crippen molar-refractivity contribution < 1.29 is 4.52 Å². The minimum Gasteiger partial charge on any atom is -0.359 e. The number of aryl methyl sites for hydroxylation is 2. The van der Waals surface area contributed by atoms with Crippen LogP contribution in [0.1, 0.15) is 40.8 Å². The number of nitrogens with zero attached hydrogens (tertiary/aromatic N) is 2. The first kappa shape index (κ1) is 11.9. The topological polar surface area (TPSA) is 29.3 Å². The van der Waals surface area contributed by atoms with Gasteiger partial charge in [0.05, 0.1) is 11.7 Å². The lowest BCUT2D eigenvalue weighted by atomic mass is 10.1. The molecule has 3 rings (SSSR count). The highest BCUT2D eigenvalue weighted by Crippen LogP contribution is 2.34. The molecular formula is C14H18N2OS. The van der Waals surface area contributed by atoms with Gasteiger partial charge in [-0.3, -0.25) is 4.90 Å². The Hall–Kier alpha value is -1.13. The largest absolute Gasteiger partial charge is 0.359 e. The molecule has 0 unspecified atom stereocenters. The average molecular weight is 262 g/mol. The molecule has 1 aliphatic heterocycles. The van der Waals surface area contributed by atoms with Crippen molar-refractivity contribution in [2.45, 2.75) is 39.3 Å². The van der Waals surface area contributed by atoms with Crippen molar-refractivity contribution in [1.29, 1.82) is 0 Å². The first-order valence-corrected chi connectivity index (χ1v) is 7.32. The van der Waals surface area contributed by atoms with Gasteiger partial charge in [0.2, 0.25) is 0 Å². The number of hydrogen-bond donors (Lipinski definition) is 0. The number of rotatable bonds is 3. The molecule has 1 atom stereocenters. The molecule has 2 aromatic heterocycles. The Balaban J connectivity index is 1.77. The van der Waals surface area contributed by atoms with Crippen molar-refractivity contribution in [2.75, 3.05) is 6.54 Å². The zero-order valence-corrected chi connectivity index (χ0v) is 11.7. The summed E-state index contributed by atoms with van der Waals surface area (Å²) in [7, 11) is 0. The molecule has 0 saturated carbocycles. The first-order valence-electron chi connectivity index (χ1n) is 6.44. The van der Waals surface area contributed by atoms with Gasteiger partial charge >= 0.3 is 0 Å². The summed E-state index contributed by atoms with van der Waals surface area (Å²) < 4.78 is 5.44. The van der Waals surface area contributed by atoms with Crippen molar-refractivity contribution in [3.8, 4) is 0 Å². The maximum absolute atomic E-state index is 5.44. The van der Waals surface area contributed by atoms with E-state index >= 15 is 0 Å². The number of thiophene rings is 1. The van der Waals surface area contributed by atoms with Gasteiger partial charge in [0.15, 0.2) is 5.76 Å². The lowest BCUT2D eigenvalue weighted by molar-refractivity contribution is 0.208. The quantitative estimate of drug-likeness (QED) is 0.844. The van der Waals surface area contributed by atoms with E-state index in [1.807, 2.05) is 18.3 Å².